The second-order valence-electron chi connectivity index (χ2n) is 7.39. The third kappa shape index (κ3) is 3.68. The van der Waals surface area contributed by atoms with Gasteiger partial charge in [0.2, 0.25) is 11.8 Å². The third-order valence-corrected chi connectivity index (χ3v) is 5.53. The fourth-order valence-corrected chi connectivity index (χ4v) is 3.93. The van der Waals surface area contributed by atoms with E-state index >= 15 is 0 Å². The molecule has 0 bridgehead atoms. The number of hydrogen-bond acceptors (Lipinski definition) is 3. The van der Waals surface area contributed by atoms with Crippen molar-refractivity contribution in [3.8, 4) is 0 Å². The molecule has 2 aromatic rings. The van der Waals surface area contributed by atoms with Crippen LogP contribution in [-0.2, 0) is 9.59 Å². The first-order chi connectivity index (χ1) is 13.1. The number of amides is 2. The van der Waals surface area contributed by atoms with Crippen LogP contribution in [-0.4, -0.2) is 49.4 Å². The number of rotatable bonds is 3. The Hall–Kier alpha value is -2.82. The first-order valence-electron chi connectivity index (χ1n) is 9.57. The summed E-state index contributed by atoms with van der Waals surface area (Å²) < 4.78 is 0. The van der Waals surface area contributed by atoms with Gasteiger partial charge in [-0.2, -0.15) is 0 Å². The van der Waals surface area contributed by atoms with E-state index in [4.69, 9.17) is 0 Å². The van der Waals surface area contributed by atoms with Crippen LogP contribution in [0.5, 0.6) is 0 Å². The molecule has 2 aliphatic heterocycles. The lowest BCUT2D eigenvalue weighted by atomic mass is 10.1. The molecule has 4 rings (SSSR count). The fourth-order valence-electron chi connectivity index (χ4n) is 3.93. The van der Waals surface area contributed by atoms with Gasteiger partial charge in [-0.15, -0.1) is 0 Å². The summed E-state index contributed by atoms with van der Waals surface area (Å²) in [6.45, 7) is 5.60. The van der Waals surface area contributed by atoms with Gasteiger partial charge >= 0.3 is 0 Å². The summed E-state index contributed by atoms with van der Waals surface area (Å²) in [7, 11) is 0. The summed E-state index contributed by atoms with van der Waals surface area (Å²) in [6, 6.07) is 18.2. The molecule has 5 nitrogen and oxygen atoms in total. The van der Waals surface area contributed by atoms with Gasteiger partial charge in [0, 0.05) is 50.5 Å². The molecule has 140 valence electrons. The SMILES string of the molecule is Cc1ccc(N2C[C@@H](C(=O)N3CCN(c4ccccc4)CC3)CC2=O)cc1. The first kappa shape index (κ1) is 17.6. The molecule has 0 aromatic heterocycles. The Morgan fingerprint density at radius 2 is 1.56 bits per heavy atom. The Morgan fingerprint density at radius 3 is 2.22 bits per heavy atom. The van der Waals surface area contributed by atoms with E-state index in [9.17, 15) is 9.59 Å². The second-order valence-corrected chi connectivity index (χ2v) is 7.39. The first-order valence-corrected chi connectivity index (χ1v) is 9.57. The number of piperazine rings is 1. The van der Waals surface area contributed by atoms with E-state index in [0.717, 1.165) is 24.3 Å². The van der Waals surface area contributed by atoms with Crippen LogP contribution in [0.15, 0.2) is 54.6 Å². The monoisotopic (exact) mass is 363 g/mol. The van der Waals surface area contributed by atoms with Crippen molar-refractivity contribution in [3.05, 3.63) is 60.2 Å². The zero-order valence-electron chi connectivity index (χ0n) is 15.7. The molecule has 2 fully saturated rings. The van der Waals surface area contributed by atoms with Gasteiger partial charge in [0.05, 0.1) is 5.92 Å². The van der Waals surface area contributed by atoms with Crippen molar-refractivity contribution in [1.29, 1.82) is 0 Å². The van der Waals surface area contributed by atoms with Crippen LogP contribution < -0.4 is 9.80 Å². The minimum absolute atomic E-state index is 0.0418. The molecule has 2 aromatic carbocycles. The zero-order chi connectivity index (χ0) is 18.8. The number of carbonyl (C=O) groups is 2. The average molecular weight is 363 g/mol. The number of hydrogen-bond donors (Lipinski definition) is 0. The van der Waals surface area contributed by atoms with Crippen molar-refractivity contribution in [2.24, 2.45) is 5.92 Å². The van der Waals surface area contributed by atoms with Crippen molar-refractivity contribution in [1.82, 2.24) is 4.90 Å². The van der Waals surface area contributed by atoms with E-state index in [1.807, 2.05) is 54.3 Å². The van der Waals surface area contributed by atoms with Crippen LogP contribution in [0.2, 0.25) is 0 Å². The van der Waals surface area contributed by atoms with Gasteiger partial charge in [-0.3, -0.25) is 9.59 Å². The van der Waals surface area contributed by atoms with E-state index in [1.165, 1.54) is 5.69 Å². The Bertz CT molecular complexity index is 811. The molecule has 0 aliphatic carbocycles. The summed E-state index contributed by atoms with van der Waals surface area (Å²) in [6.07, 6.45) is 0.311. The lowest BCUT2D eigenvalue weighted by molar-refractivity contribution is -0.136. The normalized spacial score (nSPS) is 20.3. The maximum atomic E-state index is 12.9. The van der Waals surface area contributed by atoms with Crippen LogP contribution in [0.25, 0.3) is 0 Å². The zero-order valence-corrected chi connectivity index (χ0v) is 15.7. The Kier molecular flexibility index (Phi) is 4.84. The van der Waals surface area contributed by atoms with Crippen molar-refractivity contribution >= 4 is 23.2 Å². The van der Waals surface area contributed by atoms with Gasteiger partial charge < -0.3 is 14.7 Å². The predicted octanol–water partition coefficient (Wildman–Crippen LogP) is 2.70. The molecule has 0 saturated carbocycles. The maximum Gasteiger partial charge on any atom is 0.228 e. The highest BCUT2D eigenvalue weighted by Crippen LogP contribution is 2.27. The van der Waals surface area contributed by atoms with Gasteiger partial charge in [-0.25, -0.2) is 0 Å². The molecular formula is C22H25N3O2. The summed E-state index contributed by atoms with van der Waals surface area (Å²) in [4.78, 5) is 31.4. The number of para-hydroxylation sites is 1. The summed E-state index contributed by atoms with van der Waals surface area (Å²) in [5, 5.41) is 0. The van der Waals surface area contributed by atoms with Crippen LogP contribution in [0.4, 0.5) is 11.4 Å². The van der Waals surface area contributed by atoms with Crippen LogP contribution in [0, 0.1) is 12.8 Å². The quantitative estimate of drug-likeness (QED) is 0.842. The molecule has 2 aliphatic rings. The highest BCUT2D eigenvalue weighted by atomic mass is 16.2. The van der Waals surface area contributed by atoms with Crippen molar-refractivity contribution < 1.29 is 9.59 Å². The maximum absolute atomic E-state index is 12.9. The van der Waals surface area contributed by atoms with Crippen molar-refractivity contribution in [2.45, 2.75) is 13.3 Å². The van der Waals surface area contributed by atoms with Gasteiger partial charge in [-0.1, -0.05) is 35.9 Å². The minimum Gasteiger partial charge on any atom is -0.368 e. The molecule has 27 heavy (non-hydrogen) atoms. The minimum atomic E-state index is -0.234. The van der Waals surface area contributed by atoms with E-state index in [2.05, 4.69) is 17.0 Å². The molecule has 0 spiro atoms. The standard InChI is InChI=1S/C22H25N3O2/c1-17-7-9-20(10-8-17)25-16-18(15-21(25)26)22(27)24-13-11-23(12-14-24)19-5-3-2-4-6-19/h2-10,18H,11-16H2,1H3/t18-/m0/s1. The molecule has 2 amide bonds. The number of anilines is 2. The highest BCUT2D eigenvalue weighted by Gasteiger charge is 2.37. The van der Waals surface area contributed by atoms with Crippen LogP contribution in [0.3, 0.4) is 0 Å². The number of nitrogens with zero attached hydrogens (tertiary/aromatic N) is 3. The van der Waals surface area contributed by atoms with Gasteiger partial charge in [-0.05, 0) is 31.2 Å². The lowest BCUT2D eigenvalue weighted by Gasteiger charge is -2.37. The van der Waals surface area contributed by atoms with Crippen molar-refractivity contribution in [3.63, 3.8) is 0 Å². The highest BCUT2D eigenvalue weighted by molar-refractivity contribution is 6.00. The number of benzene rings is 2. The second kappa shape index (κ2) is 7.43. The molecule has 2 saturated heterocycles. The molecular weight excluding hydrogens is 338 g/mol. The van der Waals surface area contributed by atoms with E-state index in [0.29, 0.717) is 26.1 Å². The average Bonchev–Trinajstić information content (AvgIpc) is 3.10. The van der Waals surface area contributed by atoms with E-state index in [-0.39, 0.29) is 17.7 Å². The van der Waals surface area contributed by atoms with E-state index in [1.54, 1.807) is 4.90 Å². The van der Waals surface area contributed by atoms with E-state index < -0.39 is 0 Å². The van der Waals surface area contributed by atoms with Gasteiger partial charge in [0.1, 0.15) is 0 Å². The number of carbonyl (C=O) groups excluding carboxylic acids is 2. The Morgan fingerprint density at radius 1 is 0.889 bits per heavy atom. The Labute approximate surface area is 160 Å². The third-order valence-electron chi connectivity index (χ3n) is 5.53. The molecule has 1 atom stereocenters. The lowest BCUT2D eigenvalue weighted by Crippen LogP contribution is -2.50. The molecule has 5 heteroatoms. The summed E-state index contributed by atoms with van der Waals surface area (Å²) in [5.41, 5.74) is 3.25. The topological polar surface area (TPSA) is 43.9 Å². The van der Waals surface area contributed by atoms with Gasteiger partial charge in [0.25, 0.3) is 0 Å². The van der Waals surface area contributed by atoms with Crippen LogP contribution >= 0.6 is 0 Å². The van der Waals surface area contributed by atoms with Gasteiger partial charge in [0.15, 0.2) is 0 Å². The molecule has 0 unspecified atom stereocenters. The number of aryl methyl sites for hydroxylation is 1. The molecule has 0 radical (unpaired) electrons. The smallest absolute Gasteiger partial charge is 0.228 e. The predicted molar refractivity (Wildman–Crippen MR) is 107 cm³/mol. The fraction of sp³-hybridized carbons (Fsp3) is 0.364. The summed E-state index contributed by atoms with van der Waals surface area (Å²) >= 11 is 0. The Balaban J connectivity index is 1.36. The largest absolute Gasteiger partial charge is 0.368 e. The molecule has 2 heterocycles. The van der Waals surface area contributed by atoms with Crippen LogP contribution in [0.1, 0.15) is 12.0 Å². The molecule has 0 N–H and O–H groups in total. The summed E-state index contributed by atoms with van der Waals surface area (Å²) in [5.74, 6) is -0.0760. The van der Waals surface area contributed by atoms with Crippen molar-refractivity contribution in [2.75, 3.05) is 42.5 Å².